The van der Waals surface area contributed by atoms with Crippen LogP contribution >= 0.6 is 0 Å². The third-order valence-corrected chi connectivity index (χ3v) is 3.59. The van der Waals surface area contributed by atoms with Crippen molar-refractivity contribution in [2.75, 3.05) is 0 Å². The number of benzene rings is 2. The van der Waals surface area contributed by atoms with E-state index in [4.69, 9.17) is 0 Å². The SMILES string of the molecule is CC.Cc1ccc(-c2ccc(C(C)(C)C)cc2)cc1C. The van der Waals surface area contributed by atoms with E-state index in [9.17, 15) is 0 Å². The first-order valence-electron chi connectivity index (χ1n) is 7.56. The molecule has 0 aliphatic heterocycles. The van der Waals surface area contributed by atoms with Gasteiger partial charge in [0.2, 0.25) is 0 Å². The van der Waals surface area contributed by atoms with Crippen molar-refractivity contribution < 1.29 is 0 Å². The van der Waals surface area contributed by atoms with Crippen molar-refractivity contribution in [3.05, 3.63) is 59.2 Å². The normalized spacial score (nSPS) is 10.8. The molecule has 2 rings (SSSR count). The van der Waals surface area contributed by atoms with E-state index in [1.807, 2.05) is 13.8 Å². The van der Waals surface area contributed by atoms with E-state index in [0.717, 1.165) is 0 Å². The van der Waals surface area contributed by atoms with Gasteiger partial charge in [0.25, 0.3) is 0 Å². The van der Waals surface area contributed by atoms with Gasteiger partial charge in [-0.2, -0.15) is 0 Å². The van der Waals surface area contributed by atoms with Gasteiger partial charge in [0.05, 0.1) is 0 Å². The molecule has 0 aliphatic carbocycles. The molecule has 0 atom stereocenters. The van der Waals surface area contributed by atoms with Gasteiger partial charge in [0.1, 0.15) is 0 Å². The van der Waals surface area contributed by atoms with E-state index in [1.54, 1.807) is 0 Å². The third-order valence-electron chi connectivity index (χ3n) is 3.59. The highest BCUT2D eigenvalue weighted by atomic mass is 14.2. The Labute approximate surface area is 124 Å². The molecule has 0 aromatic heterocycles. The van der Waals surface area contributed by atoms with Crippen LogP contribution in [-0.4, -0.2) is 0 Å². The predicted molar refractivity (Wildman–Crippen MR) is 91.4 cm³/mol. The van der Waals surface area contributed by atoms with Crippen molar-refractivity contribution in [1.29, 1.82) is 0 Å². The first kappa shape index (κ1) is 16.5. The number of rotatable bonds is 1. The Hall–Kier alpha value is -1.56. The molecule has 108 valence electrons. The third kappa shape index (κ3) is 3.96. The minimum absolute atomic E-state index is 0.224. The molecule has 0 nitrogen and oxygen atoms in total. The van der Waals surface area contributed by atoms with Crippen LogP contribution in [0.25, 0.3) is 11.1 Å². The van der Waals surface area contributed by atoms with E-state index in [1.165, 1.54) is 27.8 Å². The molecule has 20 heavy (non-hydrogen) atoms. The second kappa shape index (κ2) is 6.74. The van der Waals surface area contributed by atoms with E-state index >= 15 is 0 Å². The zero-order chi connectivity index (χ0) is 15.3. The fourth-order valence-electron chi connectivity index (χ4n) is 2.08. The van der Waals surface area contributed by atoms with Crippen LogP contribution in [0.4, 0.5) is 0 Å². The number of hydrogen-bond donors (Lipinski definition) is 0. The first-order valence-corrected chi connectivity index (χ1v) is 7.56. The second-order valence-corrected chi connectivity index (χ2v) is 6.13. The largest absolute Gasteiger partial charge is 0.0683 e. The van der Waals surface area contributed by atoms with Gasteiger partial charge in [-0.05, 0) is 47.1 Å². The first-order chi connectivity index (χ1) is 9.38. The highest BCUT2D eigenvalue weighted by Gasteiger charge is 2.13. The Kier molecular flexibility index (Phi) is 5.56. The molecule has 0 N–H and O–H groups in total. The molecule has 0 bridgehead atoms. The molecular formula is C20H28. The van der Waals surface area contributed by atoms with Gasteiger partial charge in [0.15, 0.2) is 0 Å². The zero-order valence-corrected chi connectivity index (χ0v) is 14.0. The summed E-state index contributed by atoms with van der Waals surface area (Å²) >= 11 is 0. The van der Waals surface area contributed by atoms with Crippen molar-refractivity contribution in [2.24, 2.45) is 0 Å². The predicted octanol–water partition coefficient (Wildman–Crippen LogP) is 6.29. The van der Waals surface area contributed by atoms with Crippen LogP contribution < -0.4 is 0 Å². The Morgan fingerprint density at radius 3 is 1.60 bits per heavy atom. The standard InChI is InChI=1S/C18H22.C2H6/c1-13-6-7-16(12-14(13)2)15-8-10-17(11-9-15)18(3,4)5;1-2/h6-12H,1-5H3;1-2H3. The van der Waals surface area contributed by atoms with Gasteiger partial charge in [-0.1, -0.05) is 77.1 Å². The van der Waals surface area contributed by atoms with Crippen LogP contribution in [0.5, 0.6) is 0 Å². The lowest BCUT2D eigenvalue weighted by atomic mass is 9.86. The van der Waals surface area contributed by atoms with Crippen molar-refractivity contribution >= 4 is 0 Å². The van der Waals surface area contributed by atoms with Crippen molar-refractivity contribution in [2.45, 2.75) is 53.9 Å². The molecule has 0 aliphatic rings. The molecule has 0 saturated heterocycles. The maximum Gasteiger partial charge on any atom is -0.0132 e. The molecule has 0 radical (unpaired) electrons. The van der Waals surface area contributed by atoms with Crippen molar-refractivity contribution in [3.8, 4) is 11.1 Å². The minimum Gasteiger partial charge on any atom is -0.0683 e. The van der Waals surface area contributed by atoms with Crippen molar-refractivity contribution in [1.82, 2.24) is 0 Å². The maximum atomic E-state index is 2.27. The van der Waals surface area contributed by atoms with Gasteiger partial charge in [-0.3, -0.25) is 0 Å². The van der Waals surface area contributed by atoms with E-state index in [2.05, 4.69) is 77.1 Å². The Balaban J connectivity index is 0.000000956. The molecule has 0 heterocycles. The van der Waals surface area contributed by atoms with Crippen LogP contribution in [0.1, 0.15) is 51.3 Å². The summed E-state index contributed by atoms with van der Waals surface area (Å²) in [5, 5.41) is 0. The van der Waals surface area contributed by atoms with E-state index in [-0.39, 0.29) is 5.41 Å². The number of aryl methyl sites for hydroxylation is 2. The summed E-state index contributed by atoms with van der Waals surface area (Å²) in [6.07, 6.45) is 0. The topological polar surface area (TPSA) is 0 Å². The lowest BCUT2D eigenvalue weighted by Crippen LogP contribution is -2.10. The summed E-state index contributed by atoms with van der Waals surface area (Å²) in [6.45, 7) is 15.1. The highest BCUT2D eigenvalue weighted by molar-refractivity contribution is 5.65. The summed E-state index contributed by atoms with van der Waals surface area (Å²) < 4.78 is 0. The van der Waals surface area contributed by atoms with Crippen molar-refractivity contribution in [3.63, 3.8) is 0 Å². The minimum atomic E-state index is 0.224. The maximum absolute atomic E-state index is 2.27. The fourth-order valence-corrected chi connectivity index (χ4v) is 2.08. The van der Waals surface area contributed by atoms with Gasteiger partial charge in [0, 0.05) is 0 Å². The molecular weight excluding hydrogens is 240 g/mol. The zero-order valence-electron chi connectivity index (χ0n) is 14.0. The van der Waals surface area contributed by atoms with Gasteiger partial charge in [-0.25, -0.2) is 0 Å². The monoisotopic (exact) mass is 268 g/mol. The average Bonchev–Trinajstić information content (AvgIpc) is 2.43. The second-order valence-electron chi connectivity index (χ2n) is 6.13. The average molecular weight is 268 g/mol. The molecule has 0 unspecified atom stereocenters. The Morgan fingerprint density at radius 2 is 1.15 bits per heavy atom. The van der Waals surface area contributed by atoms with Gasteiger partial charge in [-0.15, -0.1) is 0 Å². The van der Waals surface area contributed by atoms with Gasteiger partial charge >= 0.3 is 0 Å². The highest BCUT2D eigenvalue weighted by Crippen LogP contribution is 2.27. The van der Waals surface area contributed by atoms with Gasteiger partial charge < -0.3 is 0 Å². The quantitative estimate of drug-likeness (QED) is 0.569. The summed E-state index contributed by atoms with van der Waals surface area (Å²) in [6, 6.07) is 15.6. The summed E-state index contributed by atoms with van der Waals surface area (Å²) in [5.74, 6) is 0. The Morgan fingerprint density at radius 1 is 0.650 bits per heavy atom. The smallest absolute Gasteiger partial charge is 0.0132 e. The van der Waals surface area contributed by atoms with Crippen LogP contribution in [0.3, 0.4) is 0 Å². The molecule has 0 saturated carbocycles. The molecule has 0 heteroatoms. The fraction of sp³-hybridized carbons (Fsp3) is 0.400. The van der Waals surface area contributed by atoms with Crippen LogP contribution in [0, 0.1) is 13.8 Å². The lowest BCUT2D eigenvalue weighted by molar-refractivity contribution is 0.590. The summed E-state index contributed by atoms with van der Waals surface area (Å²) in [5.41, 5.74) is 6.92. The molecule has 2 aromatic rings. The summed E-state index contributed by atoms with van der Waals surface area (Å²) in [7, 11) is 0. The molecule has 0 fully saturated rings. The molecule has 2 aromatic carbocycles. The van der Waals surface area contributed by atoms with Crippen LogP contribution in [-0.2, 0) is 5.41 Å². The Bertz CT molecular complexity index is 539. The number of hydrogen-bond acceptors (Lipinski definition) is 0. The lowest BCUT2D eigenvalue weighted by Gasteiger charge is -2.19. The van der Waals surface area contributed by atoms with Crippen LogP contribution in [0.15, 0.2) is 42.5 Å². The molecule has 0 spiro atoms. The molecule has 0 amide bonds. The van der Waals surface area contributed by atoms with E-state index < -0.39 is 0 Å². The summed E-state index contributed by atoms with van der Waals surface area (Å²) in [4.78, 5) is 0. The van der Waals surface area contributed by atoms with E-state index in [0.29, 0.717) is 0 Å². The van der Waals surface area contributed by atoms with Crippen LogP contribution in [0.2, 0.25) is 0 Å².